The summed E-state index contributed by atoms with van der Waals surface area (Å²) in [7, 11) is -1.05. The van der Waals surface area contributed by atoms with Gasteiger partial charge in [0.2, 0.25) is 17.8 Å². The molecule has 5 N–H and O–H groups in total. The zero-order valence-electron chi connectivity index (χ0n) is 38.4. The van der Waals surface area contributed by atoms with Gasteiger partial charge in [-0.1, -0.05) is 13.0 Å². The number of aryl methyl sites for hydroxylation is 2. The standard InChI is InChI=1S/C48H57BrN11O6P/c1-6-30-21-37(55-47-52-25-34(49)45(57-47)54-36-11-10-35-33(9-7-28(2)53-35)44(36)67(4,5)64)41(65-3)23-40(30)58-19-15-31(16-20-58)51-18-17-50-24-29-26-59(27-29)32-8-12-38-42(22-32)66-48(63)60(38)39-13-14-43(61)56-46(39)62/h7-12,21-23,25,29,31,39,50-51H,6,13-20,24,26-27H2,1-5H3,(H,56,61,62)(H2,52,54,55,57). The number of piperidine rings is 2. The van der Waals surface area contributed by atoms with Gasteiger partial charge < -0.3 is 44.8 Å². The number of benzene rings is 3. The summed E-state index contributed by atoms with van der Waals surface area (Å²) in [4.78, 5) is 55.6. The highest BCUT2D eigenvalue weighted by molar-refractivity contribution is 9.10. The average Bonchev–Trinajstić information content (AvgIpc) is 3.61. The molecule has 6 aromatic rings. The van der Waals surface area contributed by atoms with E-state index in [0.29, 0.717) is 50.7 Å². The van der Waals surface area contributed by atoms with Gasteiger partial charge in [0.05, 0.1) is 34.0 Å². The summed E-state index contributed by atoms with van der Waals surface area (Å²) in [6, 6.07) is 17.3. The number of amides is 2. The van der Waals surface area contributed by atoms with Gasteiger partial charge >= 0.3 is 5.76 Å². The number of aromatic nitrogens is 4. The van der Waals surface area contributed by atoms with E-state index >= 15 is 0 Å². The summed E-state index contributed by atoms with van der Waals surface area (Å²) >= 11 is 3.62. The van der Waals surface area contributed by atoms with Crippen LogP contribution < -0.4 is 52.2 Å². The zero-order chi connectivity index (χ0) is 47.0. The molecule has 6 heterocycles. The number of hydrogen-bond acceptors (Lipinski definition) is 15. The van der Waals surface area contributed by atoms with E-state index in [4.69, 9.17) is 14.1 Å². The van der Waals surface area contributed by atoms with Crippen molar-refractivity contribution in [2.45, 2.75) is 58.0 Å². The molecule has 1 unspecified atom stereocenters. The normalized spacial score (nSPS) is 17.3. The van der Waals surface area contributed by atoms with Crippen molar-refractivity contribution in [3.63, 3.8) is 0 Å². The van der Waals surface area contributed by atoms with Crippen molar-refractivity contribution in [1.29, 1.82) is 0 Å². The highest BCUT2D eigenvalue weighted by atomic mass is 79.9. The van der Waals surface area contributed by atoms with Gasteiger partial charge in [0.1, 0.15) is 24.8 Å². The molecule has 17 nitrogen and oxygen atoms in total. The number of nitrogens with one attached hydrogen (secondary N) is 5. The number of halogens is 1. The van der Waals surface area contributed by atoms with Crippen molar-refractivity contribution in [2.75, 3.05) is 86.7 Å². The molecule has 67 heavy (non-hydrogen) atoms. The quantitative estimate of drug-likeness (QED) is 0.0396. The van der Waals surface area contributed by atoms with Crippen molar-refractivity contribution in [1.82, 2.24) is 35.5 Å². The molecule has 0 saturated carbocycles. The number of nitrogens with zero attached hydrogens (tertiary/aromatic N) is 6. The van der Waals surface area contributed by atoms with Crippen LogP contribution in [0.3, 0.4) is 0 Å². The smallest absolute Gasteiger partial charge is 0.420 e. The van der Waals surface area contributed by atoms with Gasteiger partial charge in [-0.2, -0.15) is 4.98 Å². The van der Waals surface area contributed by atoms with Crippen LogP contribution in [0.5, 0.6) is 5.75 Å². The molecule has 9 rings (SSSR count). The number of carbonyl (C=O) groups is 2. The lowest BCUT2D eigenvalue weighted by Gasteiger charge is -2.41. The van der Waals surface area contributed by atoms with Crippen LogP contribution in [0.4, 0.5) is 34.5 Å². The van der Waals surface area contributed by atoms with E-state index in [1.165, 1.54) is 15.8 Å². The second-order valence-electron chi connectivity index (χ2n) is 18.1. The van der Waals surface area contributed by atoms with Gasteiger partial charge in [0, 0.05) is 110 Å². The number of hydrogen-bond donors (Lipinski definition) is 5. The van der Waals surface area contributed by atoms with Crippen LogP contribution in [-0.2, 0) is 20.6 Å². The van der Waals surface area contributed by atoms with Crippen LogP contribution in [0, 0.1) is 12.8 Å². The van der Waals surface area contributed by atoms with E-state index < -0.39 is 24.8 Å². The Morgan fingerprint density at radius 1 is 0.940 bits per heavy atom. The Kier molecular flexibility index (Phi) is 13.4. The molecule has 0 aliphatic carbocycles. The van der Waals surface area contributed by atoms with Crippen LogP contribution in [0.25, 0.3) is 22.0 Å². The predicted molar refractivity (Wildman–Crippen MR) is 268 cm³/mol. The number of methoxy groups -OCH3 is 1. The number of rotatable bonds is 16. The Morgan fingerprint density at radius 3 is 2.49 bits per heavy atom. The van der Waals surface area contributed by atoms with Crippen molar-refractivity contribution in [2.24, 2.45) is 5.92 Å². The maximum Gasteiger partial charge on any atom is 0.420 e. The number of imide groups is 1. The monoisotopic (exact) mass is 993 g/mol. The number of carbonyl (C=O) groups excluding carboxylic acids is 2. The minimum absolute atomic E-state index is 0.187. The lowest BCUT2D eigenvalue weighted by atomic mass is 9.99. The first-order valence-corrected chi connectivity index (χ1v) is 26.3. The number of oxazole rings is 1. The van der Waals surface area contributed by atoms with E-state index in [2.05, 4.69) is 81.3 Å². The third-order valence-corrected chi connectivity index (χ3v) is 15.1. The average molecular weight is 995 g/mol. The topological polar surface area (TPSA) is 201 Å². The van der Waals surface area contributed by atoms with Gasteiger partial charge in [-0.05, 0) is 104 Å². The summed E-state index contributed by atoms with van der Waals surface area (Å²) in [6.45, 7) is 14.0. The maximum atomic E-state index is 13.6. The van der Waals surface area contributed by atoms with Crippen LogP contribution in [0.1, 0.15) is 49.9 Å². The van der Waals surface area contributed by atoms with E-state index in [-0.39, 0.29) is 18.7 Å². The zero-order valence-corrected chi connectivity index (χ0v) is 40.9. The molecule has 3 saturated heterocycles. The fourth-order valence-corrected chi connectivity index (χ4v) is 11.3. The molecule has 352 valence electrons. The lowest BCUT2D eigenvalue weighted by Crippen LogP contribution is -2.51. The number of ether oxygens (including phenoxy) is 1. The Bertz CT molecular complexity index is 2960. The Labute approximate surface area is 397 Å². The summed E-state index contributed by atoms with van der Waals surface area (Å²) < 4.78 is 27.1. The molecule has 1 atom stereocenters. The van der Waals surface area contributed by atoms with Crippen LogP contribution in [-0.4, -0.2) is 104 Å². The van der Waals surface area contributed by atoms with Crippen molar-refractivity contribution in [3.8, 4) is 5.75 Å². The van der Waals surface area contributed by atoms with Gasteiger partial charge in [0.25, 0.3) is 0 Å². The molecular formula is C48H57BrN11O6P. The van der Waals surface area contributed by atoms with Gasteiger partial charge in [0.15, 0.2) is 5.58 Å². The minimum Gasteiger partial charge on any atom is -0.494 e. The molecule has 3 fully saturated rings. The highest BCUT2D eigenvalue weighted by Crippen LogP contribution is 2.42. The third-order valence-electron chi connectivity index (χ3n) is 13.0. The van der Waals surface area contributed by atoms with Crippen LogP contribution >= 0.6 is 23.1 Å². The second-order valence-corrected chi connectivity index (χ2v) is 22.1. The number of anilines is 6. The van der Waals surface area contributed by atoms with E-state index in [1.54, 1.807) is 26.6 Å². The molecule has 2 amide bonds. The molecule has 0 radical (unpaired) electrons. The molecule has 3 aliphatic heterocycles. The van der Waals surface area contributed by atoms with Crippen LogP contribution in [0.15, 0.2) is 74.5 Å². The fourth-order valence-electron chi connectivity index (χ4n) is 9.54. The first-order valence-electron chi connectivity index (χ1n) is 22.9. The van der Waals surface area contributed by atoms with Crippen molar-refractivity contribution >= 4 is 96.7 Å². The van der Waals surface area contributed by atoms with Gasteiger partial charge in [-0.15, -0.1) is 0 Å². The first-order chi connectivity index (χ1) is 32.3. The molecule has 0 bridgehead atoms. The Morgan fingerprint density at radius 2 is 1.75 bits per heavy atom. The largest absolute Gasteiger partial charge is 0.494 e. The maximum absolute atomic E-state index is 13.6. The number of fused-ring (bicyclic) bond motifs is 2. The second kappa shape index (κ2) is 19.4. The lowest BCUT2D eigenvalue weighted by molar-refractivity contribution is -0.135. The highest BCUT2D eigenvalue weighted by Gasteiger charge is 2.33. The fraction of sp³-hybridized carbons (Fsp3) is 0.417. The molecule has 3 aromatic carbocycles. The van der Waals surface area contributed by atoms with Gasteiger partial charge in [-0.3, -0.25) is 24.5 Å². The molecule has 3 aliphatic rings. The molecule has 19 heteroatoms. The Hall–Kier alpha value is -5.81. The van der Waals surface area contributed by atoms with E-state index in [9.17, 15) is 18.9 Å². The summed E-state index contributed by atoms with van der Waals surface area (Å²) in [5, 5.41) is 18.1. The minimum atomic E-state index is -2.73. The summed E-state index contributed by atoms with van der Waals surface area (Å²) in [6.07, 6.45) is 5.06. The molecule has 3 aromatic heterocycles. The summed E-state index contributed by atoms with van der Waals surface area (Å²) in [5.74, 6) is 0.737. The van der Waals surface area contributed by atoms with Gasteiger partial charge in [-0.25, -0.2) is 9.78 Å². The Balaban J connectivity index is 0.747. The summed E-state index contributed by atoms with van der Waals surface area (Å²) in [5.41, 5.74) is 7.51. The molecule has 0 spiro atoms. The van der Waals surface area contributed by atoms with E-state index in [1.807, 2.05) is 49.4 Å². The SMILES string of the molecule is CCc1cc(Nc2ncc(Br)c(Nc3ccc4nc(C)ccc4c3P(C)(C)=O)n2)c(OC)cc1N1CCC(NCCNCC2CN(c3ccc4c(c3)oc(=O)n4C3CCC(=O)NC3=O)C2)CC1. The van der Waals surface area contributed by atoms with Crippen LogP contribution in [0.2, 0.25) is 0 Å². The third kappa shape index (κ3) is 9.94. The number of pyridine rings is 1. The van der Waals surface area contributed by atoms with E-state index in [0.717, 1.165) is 98.4 Å². The predicted octanol–water partition coefficient (Wildman–Crippen LogP) is 6.57. The molecular weight excluding hydrogens is 937 g/mol. The first kappa shape index (κ1) is 46.3. The van der Waals surface area contributed by atoms with Crippen molar-refractivity contribution < 1.29 is 23.3 Å². The van der Waals surface area contributed by atoms with Crippen molar-refractivity contribution in [3.05, 3.63) is 87.1 Å².